The molecule has 1 saturated heterocycles. The first-order valence-electron chi connectivity index (χ1n) is 5.79. The summed E-state index contributed by atoms with van der Waals surface area (Å²) in [4.78, 5) is 18.3. The summed E-state index contributed by atoms with van der Waals surface area (Å²) in [6.45, 7) is 5.61. The molecule has 1 aromatic rings. The normalized spacial score (nSPS) is 16.9. The van der Waals surface area contributed by atoms with E-state index in [1.165, 1.54) is 0 Å². The number of rotatable bonds is 3. The van der Waals surface area contributed by atoms with E-state index in [9.17, 15) is 4.79 Å². The fourth-order valence-electron chi connectivity index (χ4n) is 1.71. The first-order chi connectivity index (χ1) is 8.25. The van der Waals surface area contributed by atoms with Crippen LogP contribution in [0.1, 0.15) is 12.1 Å². The van der Waals surface area contributed by atoms with Crippen LogP contribution >= 0.6 is 23.1 Å². The number of thiazole rings is 1. The Labute approximate surface area is 110 Å². The quantitative estimate of drug-likeness (QED) is 0.843. The van der Waals surface area contributed by atoms with Gasteiger partial charge in [-0.1, -0.05) is 11.8 Å². The van der Waals surface area contributed by atoms with Crippen LogP contribution in [-0.2, 0) is 4.79 Å². The number of hydrogen-bond acceptors (Lipinski definition) is 5. The van der Waals surface area contributed by atoms with Gasteiger partial charge in [0, 0.05) is 30.7 Å². The molecule has 0 unspecified atom stereocenters. The van der Waals surface area contributed by atoms with Crippen molar-refractivity contribution >= 4 is 29.0 Å². The van der Waals surface area contributed by atoms with Gasteiger partial charge in [0.15, 0.2) is 4.34 Å². The number of aromatic nitrogens is 1. The maximum absolute atomic E-state index is 12.0. The minimum atomic E-state index is 0.228. The maximum Gasteiger partial charge on any atom is 0.233 e. The largest absolute Gasteiger partial charge is 0.341 e. The van der Waals surface area contributed by atoms with E-state index < -0.39 is 0 Å². The zero-order chi connectivity index (χ0) is 12.1. The Morgan fingerprint density at radius 1 is 1.59 bits per heavy atom. The molecule has 1 amide bonds. The van der Waals surface area contributed by atoms with E-state index >= 15 is 0 Å². The van der Waals surface area contributed by atoms with E-state index in [1.807, 2.05) is 17.2 Å². The van der Waals surface area contributed by atoms with E-state index in [2.05, 4.69) is 10.3 Å². The van der Waals surface area contributed by atoms with Gasteiger partial charge in [0.1, 0.15) is 0 Å². The molecule has 1 aliphatic rings. The molecule has 2 rings (SSSR count). The highest BCUT2D eigenvalue weighted by Crippen LogP contribution is 2.22. The highest BCUT2D eigenvalue weighted by atomic mass is 32.2. The second-order valence-corrected chi connectivity index (χ2v) is 6.11. The molecule has 0 radical (unpaired) electrons. The lowest BCUT2D eigenvalue weighted by Crippen LogP contribution is -2.35. The van der Waals surface area contributed by atoms with E-state index in [0.29, 0.717) is 5.75 Å². The molecule has 17 heavy (non-hydrogen) atoms. The molecule has 0 spiro atoms. The molecule has 1 aromatic heterocycles. The summed E-state index contributed by atoms with van der Waals surface area (Å²) in [5.41, 5.74) is 1.03. The van der Waals surface area contributed by atoms with Crippen LogP contribution in [0.5, 0.6) is 0 Å². The van der Waals surface area contributed by atoms with Gasteiger partial charge in [-0.2, -0.15) is 0 Å². The second kappa shape index (κ2) is 6.37. The molecule has 4 nitrogen and oxygen atoms in total. The Balaban J connectivity index is 1.79. The molecule has 0 saturated carbocycles. The summed E-state index contributed by atoms with van der Waals surface area (Å²) < 4.78 is 0.990. The number of aryl methyl sites for hydroxylation is 1. The lowest BCUT2D eigenvalue weighted by molar-refractivity contribution is -0.128. The highest BCUT2D eigenvalue weighted by molar-refractivity contribution is 8.01. The fraction of sp³-hybridized carbons (Fsp3) is 0.636. The maximum atomic E-state index is 12.0. The molecular formula is C11H17N3OS2. The average molecular weight is 271 g/mol. The fourth-order valence-corrected chi connectivity index (χ4v) is 3.46. The highest BCUT2D eigenvalue weighted by Gasteiger charge is 2.15. The Morgan fingerprint density at radius 3 is 3.24 bits per heavy atom. The van der Waals surface area contributed by atoms with Crippen LogP contribution in [0.15, 0.2) is 9.72 Å². The van der Waals surface area contributed by atoms with Crippen molar-refractivity contribution in [3.05, 3.63) is 11.1 Å². The minimum absolute atomic E-state index is 0.228. The molecule has 2 heterocycles. The van der Waals surface area contributed by atoms with Crippen LogP contribution in [0.3, 0.4) is 0 Å². The van der Waals surface area contributed by atoms with E-state index in [0.717, 1.165) is 42.6 Å². The minimum Gasteiger partial charge on any atom is -0.341 e. The number of carbonyl (C=O) groups excluding carboxylic acids is 1. The van der Waals surface area contributed by atoms with E-state index in [4.69, 9.17) is 0 Å². The van der Waals surface area contributed by atoms with E-state index in [-0.39, 0.29) is 5.91 Å². The van der Waals surface area contributed by atoms with Gasteiger partial charge in [0.2, 0.25) is 5.91 Å². The third-order valence-corrected chi connectivity index (χ3v) is 4.73. The zero-order valence-corrected chi connectivity index (χ0v) is 11.6. The van der Waals surface area contributed by atoms with Gasteiger partial charge in [-0.3, -0.25) is 4.79 Å². The van der Waals surface area contributed by atoms with Crippen LogP contribution in [0.2, 0.25) is 0 Å². The predicted octanol–water partition coefficient (Wildman–Crippen LogP) is 1.37. The van der Waals surface area contributed by atoms with Gasteiger partial charge in [0.05, 0.1) is 5.75 Å². The van der Waals surface area contributed by atoms with Crippen molar-refractivity contribution in [2.45, 2.75) is 17.7 Å². The number of carbonyl (C=O) groups is 1. The standard InChI is InChI=1S/C11H17N3OS2/c1-9-7-16-11(13-9)17-8-10(15)14-5-2-3-12-4-6-14/h7,12H,2-6,8H2,1H3. The number of amides is 1. The van der Waals surface area contributed by atoms with Crippen molar-refractivity contribution < 1.29 is 4.79 Å². The van der Waals surface area contributed by atoms with Crippen molar-refractivity contribution in [1.82, 2.24) is 15.2 Å². The Bertz CT molecular complexity index is 373. The van der Waals surface area contributed by atoms with Gasteiger partial charge in [-0.05, 0) is 19.9 Å². The first kappa shape index (κ1) is 12.9. The summed E-state index contributed by atoms with van der Waals surface area (Å²) in [5, 5.41) is 5.31. The van der Waals surface area contributed by atoms with Crippen molar-refractivity contribution in [3.63, 3.8) is 0 Å². The predicted molar refractivity (Wildman–Crippen MR) is 71.6 cm³/mol. The van der Waals surface area contributed by atoms with E-state index in [1.54, 1.807) is 23.1 Å². The summed E-state index contributed by atoms with van der Waals surface area (Å²) in [5.74, 6) is 0.735. The molecule has 0 aliphatic carbocycles. The third-order valence-electron chi connectivity index (χ3n) is 2.61. The molecule has 0 aromatic carbocycles. The second-order valence-electron chi connectivity index (χ2n) is 4.03. The lowest BCUT2D eigenvalue weighted by atomic mass is 10.4. The van der Waals surface area contributed by atoms with Gasteiger partial charge in [-0.15, -0.1) is 11.3 Å². The van der Waals surface area contributed by atoms with Crippen molar-refractivity contribution in [1.29, 1.82) is 0 Å². The summed E-state index contributed by atoms with van der Waals surface area (Å²) in [6.07, 6.45) is 1.05. The number of hydrogen-bond donors (Lipinski definition) is 1. The van der Waals surface area contributed by atoms with Crippen LogP contribution in [-0.4, -0.2) is 47.7 Å². The van der Waals surface area contributed by atoms with Gasteiger partial charge < -0.3 is 10.2 Å². The van der Waals surface area contributed by atoms with Crippen LogP contribution in [0.25, 0.3) is 0 Å². The van der Waals surface area contributed by atoms with Crippen molar-refractivity contribution in [3.8, 4) is 0 Å². The SMILES string of the molecule is Cc1csc(SCC(=O)N2CCCNCC2)n1. The smallest absolute Gasteiger partial charge is 0.233 e. The molecule has 6 heteroatoms. The molecule has 0 bridgehead atoms. The Kier molecular flexibility index (Phi) is 4.82. The van der Waals surface area contributed by atoms with Crippen LogP contribution < -0.4 is 5.32 Å². The molecule has 1 aliphatic heterocycles. The van der Waals surface area contributed by atoms with Crippen molar-refractivity contribution in [2.24, 2.45) is 0 Å². The average Bonchev–Trinajstić information content (AvgIpc) is 2.58. The molecular weight excluding hydrogens is 254 g/mol. The Morgan fingerprint density at radius 2 is 2.47 bits per heavy atom. The molecule has 1 fully saturated rings. The van der Waals surface area contributed by atoms with Gasteiger partial charge >= 0.3 is 0 Å². The number of nitrogens with one attached hydrogen (secondary N) is 1. The topological polar surface area (TPSA) is 45.2 Å². The van der Waals surface area contributed by atoms with Gasteiger partial charge in [0.25, 0.3) is 0 Å². The molecule has 0 atom stereocenters. The summed E-state index contributed by atoms with van der Waals surface area (Å²) in [6, 6.07) is 0. The van der Waals surface area contributed by atoms with Crippen LogP contribution in [0.4, 0.5) is 0 Å². The van der Waals surface area contributed by atoms with Crippen molar-refractivity contribution in [2.75, 3.05) is 31.9 Å². The zero-order valence-electron chi connectivity index (χ0n) is 9.94. The van der Waals surface area contributed by atoms with Gasteiger partial charge in [-0.25, -0.2) is 4.98 Å². The first-order valence-corrected chi connectivity index (χ1v) is 7.65. The monoisotopic (exact) mass is 271 g/mol. The summed E-state index contributed by atoms with van der Waals surface area (Å²) >= 11 is 3.16. The number of nitrogens with zero attached hydrogens (tertiary/aromatic N) is 2. The lowest BCUT2D eigenvalue weighted by Gasteiger charge is -2.19. The molecule has 1 N–H and O–H groups in total. The van der Waals surface area contributed by atoms with Crippen LogP contribution in [0, 0.1) is 6.92 Å². The summed E-state index contributed by atoms with van der Waals surface area (Å²) in [7, 11) is 0. The number of thioether (sulfide) groups is 1. The Hall–Kier alpha value is -0.590. The third kappa shape index (κ3) is 3.97. The molecule has 94 valence electrons.